The molecule has 2 saturated heterocycles. The Balaban J connectivity index is 1.59. The number of nitrogens with zero attached hydrogens (tertiary/aromatic N) is 1. The van der Waals surface area contributed by atoms with Gasteiger partial charge < -0.3 is 14.8 Å². The standard InChI is InChI=1S/C13H22N2O2/c1-2-5-15-6-3-12(4-7-15)14-10-13-11-16-8-9-17-13/h1,12-14H,3-11H2. The number of hydrogen-bond donors (Lipinski definition) is 1. The number of nitrogens with one attached hydrogen (secondary N) is 1. The first-order valence-corrected chi connectivity index (χ1v) is 6.47. The predicted octanol–water partition coefficient (Wildman–Crippen LogP) is 0.0890. The molecule has 4 nitrogen and oxygen atoms in total. The molecule has 2 aliphatic heterocycles. The number of likely N-dealkylation sites (tertiary alicyclic amines) is 1. The highest BCUT2D eigenvalue weighted by atomic mass is 16.6. The van der Waals surface area contributed by atoms with Crippen molar-refractivity contribution in [2.45, 2.75) is 25.0 Å². The molecule has 0 aromatic carbocycles. The molecule has 4 heteroatoms. The predicted molar refractivity (Wildman–Crippen MR) is 66.9 cm³/mol. The van der Waals surface area contributed by atoms with Gasteiger partial charge in [-0.1, -0.05) is 5.92 Å². The molecule has 0 amide bonds. The number of hydrogen-bond acceptors (Lipinski definition) is 4. The van der Waals surface area contributed by atoms with Crippen molar-refractivity contribution in [3.05, 3.63) is 0 Å². The Morgan fingerprint density at radius 2 is 2.12 bits per heavy atom. The average molecular weight is 238 g/mol. The molecule has 0 aromatic rings. The maximum atomic E-state index is 5.60. The van der Waals surface area contributed by atoms with Gasteiger partial charge in [0.25, 0.3) is 0 Å². The van der Waals surface area contributed by atoms with Gasteiger partial charge in [-0.15, -0.1) is 6.42 Å². The molecule has 0 bridgehead atoms. The molecule has 1 unspecified atom stereocenters. The van der Waals surface area contributed by atoms with Crippen LogP contribution in [0.25, 0.3) is 0 Å². The Morgan fingerprint density at radius 3 is 2.76 bits per heavy atom. The van der Waals surface area contributed by atoms with Crippen LogP contribution in [-0.2, 0) is 9.47 Å². The SMILES string of the molecule is C#CCN1CCC(NCC2COCCO2)CC1. The summed E-state index contributed by atoms with van der Waals surface area (Å²) in [6, 6.07) is 0.606. The van der Waals surface area contributed by atoms with Gasteiger partial charge in [-0.25, -0.2) is 0 Å². The van der Waals surface area contributed by atoms with Crippen molar-refractivity contribution in [3.63, 3.8) is 0 Å². The monoisotopic (exact) mass is 238 g/mol. The molecule has 2 heterocycles. The third-order valence-corrected chi connectivity index (χ3v) is 3.42. The summed E-state index contributed by atoms with van der Waals surface area (Å²) < 4.78 is 11.0. The summed E-state index contributed by atoms with van der Waals surface area (Å²) in [5.41, 5.74) is 0. The van der Waals surface area contributed by atoms with Crippen molar-refractivity contribution in [1.29, 1.82) is 0 Å². The fourth-order valence-electron chi connectivity index (χ4n) is 2.38. The minimum atomic E-state index is 0.229. The Labute approximate surface area is 104 Å². The average Bonchev–Trinajstić information content (AvgIpc) is 2.40. The zero-order valence-electron chi connectivity index (χ0n) is 10.4. The molecule has 0 radical (unpaired) electrons. The van der Waals surface area contributed by atoms with E-state index in [0.717, 1.165) is 46.0 Å². The molecular weight excluding hydrogens is 216 g/mol. The smallest absolute Gasteiger partial charge is 0.0933 e. The minimum Gasteiger partial charge on any atom is -0.376 e. The maximum absolute atomic E-state index is 5.60. The van der Waals surface area contributed by atoms with Crippen LogP contribution >= 0.6 is 0 Å². The molecule has 2 fully saturated rings. The second-order valence-corrected chi connectivity index (χ2v) is 4.73. The Morgan fingerprint density at radius 1 is 1.29 bits per heavy atom. The summed E-state index contributed by atoms with van der Waals surface area (Å²) in [6.45, 7) is 6.08. The van der Waals surface area contributed by atoms with Crippen LogP contribution in [0.15, 0.2) is 0 Å². The van der Waals surface area contributed by atoms with Gasteiger partial charge in [-0.3, -0.25) is 4.90 Å². The van der Waals surface area contributed by atoms with Gasteiger partial charge in [0.1, 0.15) is 0 Å². The van der Waals surface area contributed by atoms with Gasteiger partial charge in [0.05, 0.1) is 32.5 Å². The highest BCUT2D eigenvalue weighted by Crippen LogP contribution is 2.10. The second-order valence-electron chi connectivity index (χ2n) is 4.73. The summed E-state index contributed by atoms with van der Waals surface area (Å²) in [5.74, 6) is 2.70. The summed E-state index contributed by atoms with van der Waals surface area (Å²) >= 11 is 0. The molecular formula is C13H22N2O2. The lowest BCUT2D eigenvalue weighted by Gasteiger charge is -2.32. The van der Waals surface area contributed by atoms with Crippen LogP contribution in [0.5, 0.6) is 0 Å². The van der Waals surface area contributed by atoms with E-state index in [1.165, 1.54) is 12.8 Å². The molecule has 1 atom stereocenters. The molecule has 0 saturated carbocycles. The summed E-state index contributed by atoms with van der Waals surface area (Å²) in [5, 5.41) is 3.57. The van der Waals surface area contributed by atoms with Gasteiger partial charge in [-0.2, -0.15) is 0 Å². The molecule has 1 N–H and O–H groups in total. The third-order valence-electron chi connectivity index (χ3n) is 3.42. The Kier molecular flexibility index (Phi) is 5.27. The quantitative estimate of drug-likeness (QED) is 0.704. The summed E-state index contributed by atoms with van der Waals surface area (Å²) in [6.07, 6.45) is 7.89. The van der Waals surface area contributed by atoms with E-state index in [9.17, 15) is 0 Å². The normalized spacial score (nSPS) is 27.8. The first kappa shape index (κ1) is 12.8. The van der Waals surface area contributed by atoms with Crippen molar-refractivity contribution >= 4 is 0 Å². The minimum absolute atomic E-state index is 0.229. The van der Waals surface area contributed by atoms with Crippen molar-refractivity contribution in [1.82, 2.24) is 10.2 Å². The number of terminal acetylenes is 1. The zero-order chi connectivity index (χ0) is 11.9. The largest absolute Gasteiger partial charge is 0.376 e. The van der Waals surface area contributed by atoms with E-state index in [4.69, 9.17) is 15.9 Å². The van der Waals surface area contributed by atoms with E-state index in [1.807, 2.05) is 0 Å². The van der Waals surface area contributed by atoms with Crippen LogP contribution in [0, 0.1) is 12.3 Å². The molecule has 17 heavy (non-hydrogen) atoms. The van der Waals surface area contributed by atoms with E-state index >= 15 is 0 Å². The third kappa shape index (κ3) is 4.29. The molecule has 0 spiro atoms. The number of piperidine rings is 1. The second kappa shape index (κ2) is 6.97. The summed E-state index contributed by atoms with van der Waals surface area (Å²) in [4.78, 5) is 2.33. The van der Waals surface area contributed by atoms with Gasteiger partial charge >= 0.3 is 0 Å². The van der Waals surface area contributed by atoms with E-state index in [0.29, 0.717) is 6.04 Å². The van der Waals surface area contributed by atoms with Gasteiger partial charge in [0.2, 0.25) is 0 Å². The highest BCUT2D eigenvalue weighted by Gasteiger charge is 2.20. The fourth-order valence-corrected chi connectivity index (χ4v) is 2.38. The lowest BCUT2D eigenvalue weighted by Crippen LogP contribution is -2.46. The molecule has 96 valence electrons. The van der Waals surface area contributed by atoms with Crippen LogP contribution in [0.4, 0.5) is 0 Å². The van der Waals surface area contributed by atoms with Gasteiger partial charge in [0.15, 0.2) is 0 Å². The number of rotatable bonds is 4. The molecule has 0 aromatic heterocycles. The van der Waals surface area contributed by atoms with Crippen molar-refractivity contribution in [2.75, 3.05) is 46.0 Å². The van der Waals surface area contributed by atoms with E-state index in [1.54, 1.807) is 0 Å². The molecule has 2 aliphatic rings. The van der Waals surface area contributed by atoms with E-state index in [2.05, 4.69) is 16.1 Å². The van der Waals surface area contributed by atoms with E-state index in [-0.39, 0.29) is 6.10 Å². The first-order chi connectivity index (χ1) is 8.38. The van der Waals surface area contributed by atoms with Crippen LogP contribution < -0.4 is 5.32 Å². The zero-order valence-corrected chi connectivity index (χ0v) is 10.4. The number of ether oxygens (including phenoxy) is 2. The lowest BCUT2D eigenvalue weighted by atomic mass is 10.0. The van der Waals surface area contributed by atoms with Gasteiger partial charge in [0, 0.05) is 25.7 Å². The highest BCUT2D eigenvalue weighted by molar-refractivity contribution is 4.90. The first-order valence-electron chi connectivity index (χ1n) is 6.47. The van der Waals surface area contributed by atoms with Crippen LogP contribution in [-0.4, -0.2) is 63.0 Å². The molecule has 0 aliphatic carbocycles. The Hall–Kier alpha value is -0.600. The summed E-state index contributed by atoms with van der Waals surface area (Å²) in [7, 11) is 0. The van der Waals surface area contributed by atoms with E-state index < -0.39 is 0 Å². The lowest BCUT2D eigenvalue weighted by molar-refractivity contribution is -0.0874. The molecule has 2 rings (SSSR count). The van der Waals surface area contributed by atoms with Crippen LogP contribution in [0.2, 0.25) is 0 Å². The van der Waals surface area contributed by atoms with Crippen LogP contribution in [0.3, 0.4) is 0 Å². The topological polar surface area (TPSA) is 33.7 Å². The van der Waals surface area contributed by atoms with Gasteiger partial charge in [-0.05, 0) is 12.8 Å². The fraction of sp³-hybridized carbons (Fsp3) is 0.846. The van der Waals surface area contributed by atoms with Crippen molar-refractivity contribution in [3.8, 4) is 12.3 Å². The van der Waals surface area contributed by atoms with Crippen molar-refractivity contribution in [2.24, 2.45) is 0 Å². The van der Waals surface area contributed by atoms with Crippen molar-refractivity contribution < 1.29 is 9.47 Å². The maximum Gasteiger partial charge on any atom is 0.0933 e. The Bertz CT molecular complexity index is 251. The van der Waals surface area contributed by atoms with Crippen LogP contribution in [0.1, 0.15) is 12.8 Å².